The van der Waals surface area contributed by atoms with E-state index in [2.05, 4.69) is 37.9 Å². The van der Waals surface area contributed by atoms with Gasteiger partial charge in [-0.1, -0.05) is 6.42 Å². The largest absolute Gasteiger partial charge is 0.463 e. The molecule has 1 saturated heterocycles. The van der Waals surface area contributed by atoms with Crippen LogP contribution in [0.15, 0.2) is 12.4 Å². The summed E-state index contributed by atoms with van der Waals surface area (Å²) in [6.45, 7) is 1.84. The van der Waals surface area contributed by atoms with Gasteiger partial charge in [0.05, 0.1) is 6.61 Å². The minimum absolute atomic E-state index is 0.483. The molecule has 0 bridgehead atoms. The zero-order valence-electron chi connectivity index (χ0n) is 9.16. The molecule has 1 aromatic heterocycles. The Morgan fingerprint density at radius 3 is 2.88 bits per heavy atom. The first-order valence-electron chi connectivity index (χ1n) is 5.68. The first kappa shape index (κ1) is 12.0. The molecule has 4 nitrogen and oxygen atoms in total. The molecule has 1 N–H and O–H groups in total. The van der Waals surface area contributed by atoms with Gasteiger partial charge >= 0.3 is 6.01 Å². The zero-order valence-corrected chi connectivity index (χ0v) is 11.3. The van der Waals surface area contributed by atoms with Crippen LogP contribution in [0.4, 0.5) is 0 Å². The molecule has 2 heterocycles. The molecule has 1 unspecified atom stereocenters. The highest BCUT2D eigenvalue weighted by molar-refractivity contribution is 14.1. The van der Waals surface area contributed by atoms with Crippen LogP contribution >= 0.6 is 22.6 Å². The number of nitrogens with zero attached hydrogens (tertiary/aromatic N) is 2. The Hall–Kier alpha value is -0.430. The van der Waals surface area contributed by atoms with Crippen LogP contribution in [-0.4, -0.2) is 29.2 Å². The van der Waals surface area contributed by atoms with E-state index in [0.29, 0.717) is 18.7 Å². The number of hydrogen-bond acceptors (Lipinski definition) is 4. The number of piperidine rings is 1. The smallest absolute Gasteiger partial charge is 0.316 e. The third-order valence-corrected chi connectivity index (χ3v) is 3.26. The van der Waals surface area contributed by atoms with Crippen molar-refractivity contribution >= 4 is 22.6 Å². The van der Waals surface area contributed by atoms with Gasteiger partial charge in [-0.3, -0.25) is 0 Å². The van der Waals surface area contributed by atoms with Gasteiger partial charge < -0.3 is 10.1 Å². The van der Waals surface area contributed by atoms with Crippen molar-refractivity contribution in [2.45, 2.75) is 31.7 Å². The van der Waals surface area contributed by atoms with Gasteiger partial charge in [-0.15, -0.1) is 0 Å². The number of halogens is 1. The maximum atomic E-state index is 5.50. The molecule has 0 aromatic carbocycles. The molecule has 1 atom stereocenters. The van der Waals surface area contributed by atoms with Gasteiger partial charge in [-0.2, -0.15) is 0 Å². The van der Waals surface area contributed by atoms with Crippen LogP contribution in [0.3, 0.4) is 0 Å². The van der Waals surface area contributed by atoms with E-state index in [0.717, 1.165) is 16.5 Å². The molecular weight excluding hydrogens is 317 g/mol. The van der Waals surface area contributed by atoms with Crippen molar-refractivity contribution in [3.05, 3.63) is 16.0 Å². The van der Waals surface area contributed by atoms with Crippen molar-refractivity contribution in [2.75, 3.05) is 13.2 Å². The van der Waals surface area contributed by atoms with Crippen LogP contribution in [0, 0.1) is 3.57 Å². The maximum absolute atomic E-state index is 5.50. The van der Waals surface area contributed by atoms with Crippen molar-refractivity contribution in [1.82, 2.24) is 15.3 Å². The molecule has 5 heteroatoms. The Balaban J connectivity index is 1.69. The SMILES string of the molecule is Ic1cnc(OCCC2CCCCN2)nc1. The summed E-state index contributed by atoms with van der Waals surface area (Å²) in [5.41, 5.74) is 0. The number of hydrogen-bond donors (Lipinski definition) is 1. The lowest BCUT2D eigenvalue weighted by Crippen LogP contribution is -2.35. The summed E-state index contributed by atoms with van der Waals surface area (Å²) in [6, 6.07) is 1.09. The molecule has 0 saturated carbocycles. The fraction of sp³-hybridized carbons (Fsp3) is 0.636. The number of ether oxygens (including phenoxy) is 1. The van der Waals surface area contributed by atoms with Crippen LogP contribution in [0.25, 0.3) is 0 Å². The number of nitrogens with one attached hydrogen (secondary N) is 1. The monoisotopic (exact) mass is 333 g/mol. The van der Waals surface area contributed by atoms with Crippen molar-refractivity contribution in [1.29, 1.82) is 0 Å². The standard InChI is InChI=1S/C11H16IN3O/c12-9-7-14-11(15-8-9)16-6-4-10-3-1-2-5-13-10/h7-8,10,13H,1-6H2. The molecule has 0 aliphatic carbocycles. The van der Waals surface area contributed by atoms with Crippen LogP contribution < -0.4 is 10.1 Å². The van der Waals surface area contributed by atoms with Gasteiger partial charge in [0, 0.05) is 22.0 Å². The fourth-order valence-electron chi connectivity index (χ4n) is 1.84. The third-order valence-electron chi connectivity index (χ3n) is 2.71. The minimum Gasteiger partial charge on any atom is -0.463 e. The lowest BCUT2D eigenvalue weighted by Gasteiger charge is -2.22. The highest BCUT2D eigenvalue weighted by Gasteiger charge is 2.12. The molecule has 0 amide bonds. The summed E-state index contributed by atoms with van der Waals surface area (Å²) in [7, 11) is 0. The summed E-state index contributed by atoms with van der Waals surface area (Å²) in [5, 5.41) is 3.49. The fourth-order valence-corrected chi connectivity index (χ4v) is 2.12. The normalized spacial score (nSPS) is 20.7. The molecule has 0 spiro atoms. The van der Waals surface area contributed by atoms with E-state index in [1.54, 1.807) is 12.4 Å². The number of rotatable bonds is 4. The molecule has 1 aliphatic rings. The highest BCUT2D eigenvalue weighted by Crippen LogP contribution is 2.11. The third kappa shape index (κ3) is 3.86. The summed E-state index contributed by atoms with van der Waals surface area (Å²) in [5.74, 6) is 0. The van der Waals surface area contributed by atoms with E-state index < -0.39 is 0 Å². The molecule has 16 heavy (non-hydrogen) atoms. The lowest BCUT2D eigenvalue weighted by atomic mass is 10.0. The van der Waals surface area contributed by atoms with Gasteiger partial charge in [0.15, 0.2) is 0 Å². The molecule has 2 rings (SSSR count). The second-order valence-corrected chi connectivity index (χ2v) is 5.21. The molecule has 1 aromatic rings. The topological polar surface area (TPSA) is 47.0 Å². The Kier molecular flexibility index (Phi) is 4.77. The molecule has 88 valence electrons. The van der Waals surface area contributed by atoms with E-state index in [-0.39, 0.29) is 0 Å². The van der Waals surface area contributed by atoms with E-state index in [4.69, 9.17) is 4.74 Å². The summed E-state index contributed by atoms with van der Waals surface area (Å²) >= 11 is 2.18. The Morgan fingerprint density at radius 2 is 2.19 bits per heavy atom. The molecule has 0 radical (unpaired) electrons. The highest BCUT2D eigenvalue weighted by atomic mass is 127. The molecular formula is C11H16IN3O. The van der Waals surface area contributed by atoms with E-state index >= 15 is 0 Å². The van der Waals surface area contributed by atoms with Crippen LogP contribution in [0.5, 0.6) is 6.01 Å². The number of aromatic nitrogens is 2. The maximum Gasteiger partial charge on any atom is 0.316 e. The van der Waals surface area contributed by atoms with E-state index in [1.165, 1.54) is 19.3 Å². The second-order valence-electron chi connectivity index (χ2n) is 3.97. The van der Waals surface area contributed by atoms with Crippen molar-refractivity contribution in [3.8, 4) is 6.01 Å². The van der Waals surface area contributed by atoms with E-state index in [9.17, 15) is 0 Å². The summed E-state index contributed by atoms with van der Waals surface area (Å²) in [6.07, 6.45) is 8.46. The second kappa shape index (κ2) is 6.34. The predicted octanol–water partition coefficient (Wildman–Crippen LogP) is 1.99. The predicted molar refractivity (Wildman–Crippen MR) is 70.5 cm³/mol. The van der Waals surface area contributed by atoms with Crippen LogP contribution in [-0.2, 0) is 0 Å². The van der Waals surface area contributed by atoms with Gasteiger partial charge in [-0.25, -0.2) is 9.97 Å². The summed E-state index contributed by atoms with van der Waals surface area (Å²) < 4.78 is 6.52. The molecule has 1 aliphatic heterocycles. The van der Waals surface area contributed by atoms with Crippen LogP contribution in [0.2, 0.25) is 0 Å². The van der Waals surface area contributed by atoms with Crippen LogP contribution in [0.1, 0.15) is 25.7 Å². The zero-order chi connectivity index (χ0) is 11.2. The van der Waals surface area contributed by atoms with Gasteiger partial charge in [0.1, 0.15) is 0 Å². The Labute approximate surface area is 109 Å². The summed E-state index contributed by atoms with van der Waals surface area (Å²) in [4.78, 5) is 8.20. The first-order valence-corrected chi connectivity index (χ1v) is 6.76. The molecule has 1 fully saturated rings. The van der Waals surface area contributed by atoms with Crippen molar-refractivity contribution in [2.24, 2.45) is 0 Å². The van der Waals surface area contributed by atoms with Gasteiger partial charge in [0.25, 0.3) is 0 Å². The first-order chi connectivity index (χ1) is 7.84. The van der Waals surface area contributed by atoms with Crippen molar-refractivity contribution in [3.63, 3.8) is 0 Å². The Morgan fingerprint density at radius 1 is 1.38 bits per heavy atom. The van der Waals surface area contributed by atoms with E-state index in [1.807, 2.05) is 0 Å². The van der Waals surface area contributed by atoms with Crippen molar-refractivity contribution < 1.29 is 4.74 Å². The quantitative estimate of drug-likeness (QED) is 0.856. The average Bonchev–Trinajstić information content (AvgIpc) is 2.33. The minimum atomic E-state index is 0.483. The average molecular weight is 333 g/mol. The Bertz CT molecular complexity index is 312. The lowest BCUT2D eigenvalue weighted by molar-refractivity contribution is 0.252. The van der Waals surface area contributed by atoms with Gasteiger partial charge in [0.2, 0.25) is 0 Å². The van der Waals surface area contributed by atoms with Gasteiger partial charge in [-0.05, 0) is 48.4 Å².